The predicted octanol–water partition coefficient (Wildman–Crippen LogP) is 2.39. The van der Waals surface area contributed by atoms with Gasteiger partial charge in [-0.25, -0.2) is 9.97 Å². The first kappa shape index (κ1) is 17.6. The van der Waals surface area contributed by atoms with Crippen LogP contribution in [0, 0.1) is 17.8 Å². The number of hydrogen-bond acceptors (Lipinski definition) is 4. The average molecular weight is 357 g/mol. The van der Waals surface area contributed by atoms with Gasteiger partial charge in [-0.1, -0.05) is 6.42 Å². The quantitative estimate of drug-likeness (QED) is 0.648. The third-order valence-electron chi connectivity index (χ3n) is 6.40. The molecule has 6 heteroatoms. The Morgan fingerprint density at radius 1 is 1.15 bits per heavy atom. The highest BCUT2D eigenvalue weighted by Crippen LogP contribution is 2.49. The zero-order chi connectivity index (χ0) is 17.8. The Bertz CT molecular complexity index is 596. The molecule has 142 valence electrons. The lowest BCUT2D eigenvalue weighted by molar-refractivity contribution is 0.317. The number of nitrogens with zero attached hydrogens (tertiary/aromatic N) is 5. The van der Waals surface area contributed by atoms with Crippen molar-refractivity contribution in [1.29, 1.82) is 0 Å². The number of rotatable bonds is 5. The van der Waals surface area contributed by atoms with E-state index in [0.29, 0.717) is 0 Å². The Morgan fingerprint density at radius 3 is 2.62 bits per heavy atom. The Hall–Kier alpha value is -1.85. The molecule has 1 aromatic heterocycles. The fourth-order valence-electron chi connectivity index (χ4n) is 5.06. The molecule has 1 N–H and O–H groups in total. The number of hydrogen-bond donors (Lipinski definition) is 1. The molecule has 0 radical (unpaired) electrons. The average Bonchev–Trinajstić information content (AvgIpc) is 3.31. The first-order valence-corrected chi connectivity index (χ1v) is 10.4. The number of piperazine rings is 1. The van der Waals surface area contributed by atoms with Crippen molar-refractivity contribution in [2.45, 2.75) is 39.0 Å². The topological polar surface area (TPSA) is 56.7 Å². The number of anilines is 1. The van der Waals surface area contributed by atoms with Gasteiger partial charge < -0.3 is 15.1 Å². The number of aromatic nitrogens is 2. The lowest BCUT2D eigenvalue weighted by Gasteiger charge is -2.36. The minimum atomic E-state index is 0.838. The molecule has 6 nitrogen and oxygen atoms in total. The Labute approximate surface area is 157 Å². The van der Waals surface area contributed by atoms with Gasteiger partial charge in [0.15, 0.2) is 5.96 Å². The molecule has 0 spiro atoms. The van der Waals surface area contributed by atoms with Gasteiger partial charge >= 0.3 is 0 Å². The molecule has 0 amide bonds. The van der Waals surface area contributed by atoms with Gasteiger partial charge in [-0.2, -0.15) is 0 Å². The fourth-order valence-corrected chi connectivity index (χ4v) is 5.06. The maximum Gasteiger partial charge on any atom is 0.225 e. The molecule has 1 aliphatic heterocycles. The molecule has 2 saturated carbocycles. The molecule has 1 saturated heterocycles. The molecule has 1 aromatic rings. The van der Waals surface area contributed by atoms with Crippen molar-refractivity contribution in [3.63, 3.8) is 0 Å². The number of aliphatic imine (C=N–C) groups is 1. The molecular formula is C20H32N6. The Morgan fingerprint density at radius 2 is 1.96 bits per heavy atom. The normalized spacial score (nSPS) is 28.7. The second-order valence-electron chi connectivity index (χ2n) is 7.98. The van der Waals surface area contributed by atoms with Gasteiger partial charge in [0.25, 0.3) is 0 Å². The molecule has 2 bridgehead atoms. The Balaban J connectivity index is 1.29. The van der Waals surface area contributed by atoms with Gasteiger partial charge in [0.05, 0.1) is 0 Å². The van der Waals surface area contributed by atoms with Crippen LogP contribution < -0.4 is 10.2 Å². The SMILES string of the molecule is CCNC(=NCCC1CC2CCC1C2)N1CCN(c2ncccn2)CC1. The lowest BCUT2D eigenvalue weighted by Crippen LogP contribution is -2.53. The summed E-state index contributed by atoms with van der Waals surface area (Å²) in [7, 11) is 0. The molecule has 4 rings (SSSR count). The van der Waals surface area contributed by atoms with Crippen LogP contribution in [-0.2, 0) is 0 Å². The molecule has 3 atom stereocenters. The van der Waals surface area contributed by atoms with Crippen molar-refractivity contribution < 1.29 is 0 Å². The van der Waals surface area contributed by atoms with Crippen LogP contribution >= 0.6 is 0 Å². The van der Waals surface area contributed by atoms with Crippen molar-refractivity contribution in [3.8, 4) is 0 Å². The maximum atomic E-state index is 4.96. The zero-order valence-corrected chi connectivity index (χ0v) is 16.0. The first-order valence-electron chi connectivity index (χ1n) is 10.4. The van der Waals surface area contributed by atoms with Gasteiger partial charge in [0, 0.05) is 51.7 Å². The van der Waals surface area contributed by atoms with E-state index >= 15 is 0 Å². The van der Waals surface area contributed by atoms with Crippen LogP contribution in [0.3, 0.4) is 0 Å². The van der Waals surface area contributed by atoms with Crippen molar-refractivity contribution >= 4 is 11.9 Å². The van der Waals surface area contributed by atoms with Crippen LogP contribution in [0.2, 0.25) is 0 Å². The molecular weight excluding hydrogens is 324 g/mol. The molecule has 3 fully saturated rings. The highest BCUT2D eigenvalue weighted by Gasteiger charge is 2.38. The van der Waals surface area contributed by atoms with E-state index < -0.39 is 0 Å². The van der Waals surface area contributed by atoms with E-state index in [2.05, 4.69) is 32.0 Å². The van der Waals surface area contributed by atoms with Crippen LogP contribution in [0.25, 0.3) is 0 Å². The Kier molecular flexibility index (Phi) is 5.56. The third-order valence-corrected chi connectivity index (χ3v) is 6.40. The largest absolute Gasteiger partial charge is 0.357 e. The summed E-state index contributed by atoms with van der Waals surface area (Å²) in [4.78, 5) is 18.4. The highest BCUT2D eigenvalue weighted by atomic mass is 15.4. The smallest absolute Gasteiger partial charge is 0.225 e. The second kappa shape index (κ2) is 8.23. The summed E-state index contributed by atoms with van der Waals surface area (Å²) in [6.07, 6.45) is 10.8. The summed E-state index contributed by atoms with van der Waals surface area (Å²) < 4.78 is 0. The van der Waals surface area contributed by atoms with E-state index in [1.54, 1.807) is 0 Å². The predicted molar refractivity (Wildman–Crippen MR) is 105 cm³/mol. The molecule has 2 heterocycles. The summed E-state index contributed by atoms with van der Waals surface area (Å²) >= 11 is 0. The van der Waals surface area contributed by atoms with E-state index in [0.717, 1.165) is 68.9 Å². The minimum absolute atomic E-state index is 0.838. The fraction of sp³-hybridized carbons (Fsp3) is 0.750. The van der Waals surface area contributed by atoms with Gasteiger partial charge in [-0.3, -0.25) is 4.99 Å². The van der Waals surface area contributed by atoms with Crippen molar-refractivity contribution in [3.05, 3.63) is 18.5 Å². The monoisotopic (exact) mass is 356 g/mol. The van der Waals surface area contributed by atoms with Crippen molar-refractivity contribution in [2.75, 3.05) is 44.2 Å². The van der Waals surface area contributed by atoms with E-state index in [9.17, 15) is 0 Å². The van der Waals surface area contributed by atoms with Crippen molar-refractivity contribution in [2.24, 2.45) is 22.7 Å². The summed E-state index contributed by atoms with van der Waals surface area (Å²) in [6, 6.07) is 1.87. The summed E-state index contributed by atoms with van der Waals surface area (Å²) in [6.45, 7) is 7.88. The highest BCUT2D eigenvalue weighted by molar-refractivity contribution is 5.80. The minimum Gasteiger partial charge on any atom is -0.357 e. The molecule has 0 aromatic carbocycles. The number of guanidine groups is 1. The third kappa shape index (κ3) is 3.94. The molecule has 26 heavy (non-hydrogen) atoms. The van der Waals surface area contributed by atoms with Crippen LogP contribution in [0.4, 0.5) is 5.95 Å². The first-order chi connectivity index (χ1) is 12.8. The standard InChI is InChI=1S/C20H32N6/c1-2-21-19(24-9-6-18-15-16-4-5-17(18)14-16)25-10-12-26(13-11-25)20-22-7-3-8-23-20/h3,7-8,16-18H,2,4-6,9-15H2,1H3,(H,21,24). The second-order valence-corrected chi connectivity index (χ2v) is 7.98. The van der Waals surface area contributed by atoms with Crippen LogP contribution in [0.15, 0.2) is 23.5 Å². The van der Waals surface area contributed by atoms with Gasteiger partial charge in [-0.05, 0) is 56.4 Å². The number of nitrogens with one attached hydrogen (secondary N) is 1. The summed E-state index contributed by atoms with van der Waals surface area (Å²) in [5.41, 5.74) is 0. The van der Waals surface area contributed by atoms with E-state index in [-0.39, 0.29) is 0 Å². The van der Waals surface area contributed by atoms with E-state index in [1.165, 1.54) is 32.1 Å². The number of fused-ring (bicyclic) bond motifs is 2. The molecule has 3 aliphatic rings. The van der Waals surface area contributed by atoms with E-state index in [1.807, 2.05) is 18.5 Å². The van der Waals surface area contributed by atoms with Crippen LogP contribution in [-0.4, -0.2) is 60.1 Å². The summed E-state index contributed by atoms with van der Waals surface area (Å²) in [5, 5.41) is 3.49. The summed E-state index contributed by atoms with van der Waals surface area (Å²) in [5.74, 6) is 4.91. The maximum absolute atomic E-state index is 4.96. The van der Waals surface area contributed by atoms with Gasteiger partial charge in [0.2, 0.25) is 5.95 Å². The lowest BCUT2D eigenvalue weighted by atomic mass is 9.86. The van der Waals surface area contributed by atoms with Crippen LogP contribution in [0.5, 0.6) is 0 Å². The molecule has 2 aliphatic carbocycles. The van der Waals surface area contributed by atoms with Gasteiger partial charge in [-0.15, -0.1) is 0 Å². The molecule has 3 unspecified atom stereocenters. The zero-order valence-electron chi connectivity index (χ0n) is 16.0. The van der Waals surface area contributed by atoms with Gasteiger partial charge in [0.1, 0.15) is 0 Å². The van der Waals surface area contributed by atoms with E-state index in [4.69, 9.17) is 4.99 Å². The van der Waals surface area contributed by atoms with Crippen LogP contribution in [0.1, 0.15) is 39.0 Å². The van der Waals surface area contributed by atoms with Crippen molar-refractivity contribution in [1.82, 2.24) is 20.2 Å².